The van der Waals surface area contributed by atoms with Crippen molar-refractivity contribution in [2.45, 2.75) is 25.7 Å². The molecule has 1 aliphatic carbocycles. The lowest BCUT2D eigenvalue weighted by atomic mass is 10.1. The van der Waals surface area contributed by atoms with Crippen molar-refractivity contribution in [3.05, 3.63) is 28.8 Å². The van der Waals surface area contributed by atoms with Crippen LogP contribution in [0.2, 0.25) is 5.02 Å². The van der Waals surface area contributed by atoms with Crippen molar-refractivity contribution in [1.29, 1.82) is 0 Å². The minimum atomic E-state index is 0.683. The first kappa shape index (κ1) is 12.7. The van der Waals surface area contributed by atoms with Gasteiger partial charge in [-0.1, -0.05) is 24.6 Å². The summed E-state index contributed by atoms with van der Waals surface area (Å²) in [5, 5.41) is 4.20. The Kier molecular flexibility index (Phi) is 4.30. The second-order valence-corrected chi connectivity index (χ2v) is 5.11. The van der Waals surface area contributed by atoms with Crippen LogP contribution < -0.4 is 10.1 Å². The van der Waals surface area contributed by atoms with Crippen LogP contribution in [0.5, 0.6) is 5.75 Å². The molecule has 17 heavy (non-hydrogen) atoms. The predicted molar refractivity (Wildman–Crippen MR) is 72.0 cm³/mol. The zero-order valence-corrected chi connectivity index (χ0v) is 11.3. The van der Waals surface area contributed by atoms with E-state index >= 15 is 0 Å². The van der Waals surface area contributed by atoms with Gasteiger partial charge >= 0.3 is 0 Å². The van der Waals surface area contributed by atoms with Crippen LogP contribution in [0.4, 0.5) is 0 Å². The summed E-state index contributed by atoms with van der Waals surface area (Å²) in [5.41, 5.74) is 1.35. The number of rotatable bonds is 6. The summed E-state index contributed by atoms with van der Waals surface area (Å²) in [6.45, 7) is 4.44. The molecule has 0 bridgehead atoms. The fourth-order valence-electron chi connectivity index (χ4n) is 2.26. The molecule has 1 aromatic carbocycles. The number of hydrogen-bond acceptors (Lipinski definition) is 2. The SMILES string of the molecule is CCCNCC1CC1c1ccc(OC)c(Cl)c1. The number of hydrogen-bond donors (Lipinski definition) is 1. The van der Waals surface area contributed by atoms with Crippen molar-refractivity contribution in [2.24, 2.45) is 5.92 Å². The molecule has 0 saturated heterocycles. The van der Waals surface area contributed by atoms with Crippen LogP contribution >= 0.6 is 11.6 Å². The molecule has 0 aliphatic heterocycles. The van der Waals surface area contributed by atoms with Gasteiger partial charge in [0.25, 0.3) is 0 Å². The Morgan fingerprint density at radius 3 is 2.94 bits per heavy atom. The molecule has 1 fully saturated rings. The standard InChI is InChI=1S/C14H20ClNO/c1-3-6-16-9-11-7-12(11)10-4-5-14(17-2)13(15)8-10/h4-5,8,11-12,16H,3,6-7,9H2,1-2H3. The van der Waals surface area contributed by atoms with Crippen molar-refractivity contribution in [1.82, 2.24) is 5.32 Å². The van der Waals surface area contributed by atoms with Crippen molar-refractivity contribution >= 4 is 11.6 Å². The van der Waals surface area contributed by atoms with E-state index in [-0.39, 0.29) is 0 Å². The van der Waals surface area contributed by atoms with E-state index in [2.05, 4.69) is 18.3 Å². The number of benzene rings is 1. The Morgan fingerprint density at radius 1 is 1.47 bits per heavy atom. The van der Waals surface area contributed by atoms with Crippen LogP contribution in [0, 0.1) is 5.92 Å². The molecule has 0 spiro atoms. The number of methoxy groups -OCH3 is 1. The fraction of sp³-hybridized carbons (Fsp3) is 0.571. The van der Waals surface area contributed by atoms with E-state index < -0.39 is 0 Å². The maximum Gasteiger partial charge on any atom is 0.137 e. The lowest BCUT2D eigenvalue weighted by Gasteiger charge is -2.06. The smallest absolute Gasteiger partial charge is 0.137 e. The summed E-state index contributed by atoms with van der Waals surface area (Å²) < 4.78 is 5.16. The molecule has 94 valence electrons. The van der Waals surface area contributed by atoms with Gasteiger partial charge in [0.15, 0.2) is 0 Å². The summed E-state index contributed by atoms with van der Waals surface area (Å²) in [7, 11) is 1.65. The monoisotopic (exact) mass is 253 g/mol. The average molecular weight is 254 g/mol. The summed E-state index contributed by atoms with van der Waals surface area (Å²) in [5.74, 6) is 2.23. The third-order valence-corrected chi connectivity index (χ3v) is 3.66. The second kappa shape index (κ2) is 5.74. The first-order valence-corrected chi connectivity index (χ1v) is 6.68. The molecule has 1 aliphatic rings. The summed E-state index contributed by atoms with van der Waals surface area (Å²) in [4.78, 5) is 0. The Labute approximate surface area is 108 Å². The van der Waals surface area contributed by atoms with Gasteiger partial charge in [-0.05, 0) is 55.5 Å². The Morgan fingerprint density at radius 2 is 2.29 bits per heavy atom. The van der Waals surface area contributed by atoms with Crippen LogP contribution in [0.1, 0.15) is 31.2 Å². The molecule has 0 amide bonds. The van der Waals surface area contributed by atoms with E-state index in [1.807, 2.05) is 12.1 Å². The van der Waals surface area contributed by atoms with E-state index in [9.17, 15) is 0 Å². The highest BCUT2D eigenvalue weighted by Gasteiger charge is 2.37. The molecule has 1 N–H and O–H groups in total. The maximum atomic E-state index is 6.14. The lowest BCUT2D eigenvalue weighted by molar-refractivity contribution is 0.415. The van der Waals surface area contributed by atoms with Gasteiger partial charge in [-0.3, -0.25) is 0 Å². The molecular formula is C14H20ClNO. The zero-order chi connectivity index (χ0) is 12.3. The average Bonchev–Trinajstić information content (AvgIpc) is 3.09. The molecular weight excluding hydrogens is 234 g/mol. The fourth-order valence-corrected chi connectivity index (χ4v) is 2.53. The van der Waals surface area contributed by atoms with Gasteiger partial charge in [-0.2, -0.15) is 0 Å². The second-order valence-electron chi connectivity index (χ2n) is 4.70. The Bertz CT molecular complexity index is 380. The van der Waals surface area contributed by atoms with Crippen LogP contribution in [0.15, 0.2) is 18.2 Å². The van der Waals surface area contributed by atoms with Crippen molar-refractivity contribution in [3.8, 4) is 5.75 Å². The minimum absolute atomic E-state index is 0.683. The van der Waals surface area contributed by atoms with Gasteiger partial charge < -0.3 is 10.1 Å². The zero-order valence-electron chi connectivity index (χ0n) is 10.5. The molecule has 0 aromatic heterocycles. The van der Waals surface area contributed by atoms with E-state index in [0.717, 1.165) is 29.8 Å². The van der Waals surface area contributed by atoms with Gasteiger partial charge in [-0.15, -0.1) is 0 Å². The molecule has 0 heterocycles. The summed E-state index contributed by atoms with van der Waals surface area (Å²) in [6.07, 6.45) is 2.48. The van der Waals surface area contributed by atoms with Gasteiger partial charge in [0.2, 0.25) is 0 Å². The highest BCUT2D eigenvalue weighted by atomic mass is 35.5. The molecule has 3 heteroatoms. The lowest BCUT2D eigenvalue weighted by Crippen LogP contribution is -2.17. The van der Waals surface area contributed by atoms with Gasteiger partial charge in [0.05, 0.1) is 12.1 Å². The topological polar surface area (TPSA) is 21.3 Å². The first-order chi connectivity index (χ1) is 8.26. The molecule has 2 unspecified atom stereocenters. The molecule has 2 rings (SSSR count). The normalized spacial score (nSPS) is 22.5. The number of ether oxygens (including phenoxy) is 1. The third-order valence-electron chi connectivity index (χ3n) is 3.36. The summed E-state index contributed by atoms with van der Waals surface area (Å²) >= 11 is 6.14. The third kappa shape index (κ3) is 3.14. The molecule has 2 nitrogen and oxygen atoms in total. The molecule has 2 atom stereocenters. The molecule has 1 saturated carbocycles. The minimum Gasteiger partial charge on any atom is -0.495 e. The Balaban J connectivity index is 1.90. The summed E-state index contributed by atoms with van der Waals surface area (Å²) in [6, 6.07) is 6.15. The van der Waals surface area contributed by atoms with Crippen molar-refractivity contribution in [2.75, 3.05) is 20.2 Å². The van der Waals surface area contributed by atoms with Crippen LogP contribution in [0.3, 0.4) is 0 Å². The van der Waals surface area contributed by atoms with Gasteiger partial charge in [0, 0.05) is 0 Å². The van der Waals surface area contributed by atoms with Crippen LogP contribution in [-0.4, -0.2) is 20.2 Å². The van der Waals surface area contributed by atoms with Gasteiger partial charge in [0.1, 0.15) is 5.75 Å². The van der Waals surface area contributed by atoms with Crippen molar-refractivity contribution < 1.29 is 4.74 Å². The molecule has 1 aromatic rings. The maximum absolute atomic E-state index is 6.14. The largest absolute Gasteiger partial charge is 0.495 e. The van der Waals surface area contributed by atoms with E-state index in [4.69, 9.17) is 16.3 Å². The van der Waals surface area contributed by atoms with E-state index in [0.29, 0.717) is 5.92 Å². The quantitative estimate of drug-likeness (QED) is 0.784. The number of nitrogens with one attached hydrogen (secondary N) is 1. The van der Waals surface area contributed by atoms with E-state index in [1.165, 1.54) is 18.4 Å². The molecule has 0 radical (unpaired) electrons. The predicted octanol–water partition coefficient (Wildman–Crippen LogP) is 3.45. The highest BCUT2D eigenvalue weighted by Crippen LogP contribution is 2.48. The van der Waals surface area contributed by atoms with Crippen LogP contribution in [-0.2, 0) is 0 Å². The highest BCUT2D eigenvalue weighted by molar-refractivity contribution is 6.32. The van der Waals surface area contributed by atoms with E-state index in [1.54, 1.807) is 7.11 Å². The Hall–Kier alpha value is -0.730. The van der Waals surface area contributed by atoms with Gasteiger partial charge in [-0.25, -0.2) is 0 Å². The number of halogens is 1. The van der Waals surface area contributed by atoms with Crippen molar-refractivity contribution in [3.63, 3.8) is 0 Å². The van der Waals surface area contributed by atoms with Crippen LogP contribution in [0.25, 0.3) is 0 Å². The first-order valence-electron chi connectivity index (χ1n) is 6.30.